The van der Waals surface area contributed by atoms with E-state index in [1.54, 1.807) is 4.90 Å². The van der Waals surface area contributed by atoms with Crippen molar-refractivity contribution in [2.75, 3.05) is 11.4 Å². The van der Waals surface area contributed by atoms with Crippen LogP contribution in [0.5, 0.6) is 0 Å². The van der Waals surface area contributed by atoms with E-state index in [0.29, 0.717) is 6.54 Å². The minimum Gasteiger partial charge on any atom is -0.463 e. The van der Waals surface area contributed by atoms with Crippen LogP contribution in [-0.4, -0.2) is 36.2 Å². The highest BCUT2D eigenvalue weighted by molar-refractivity contribution is 6.03. The van der Waals surface area contributed by atoms with E-state index in [1.165, 1.54) is 0 Å². The van der Waals surface area contributed by atoms with Crippen molar-refractivity contribution in [1.82, 2.24) is 0 Å². The Labute approximate surface area is 147 Å². The molecule has 0 N–H and O–H groups in total. The van der Waals surface area contributed by atoms with Crippen molar-refractivity contribution in [2.24, 2.45) is 11.8 Å². The van der Waals surface area contributed by atoms with E-state index in [2.05, 4.69) is 6.92 Å². The zero-order valence-corrected chi connectivity index (χ0v) is 14.8. The molecule has 2 fully saturated rings. The number of esters is 1. The van der Waals surface area contributed by atoms with Crippen LogP contribution in [-0.2, 0) is 25.5 Å². The minimum absolute atomic E-state index is 0.0431. The molecule has 5 nitrogen and oxygen atoms in total. The molecule has 1 aromatic rings. The van der Waals surface area contributed by atoms with Crippen LogP contribution in [0.25, 0.3) is 0 Å². The highest BCUT2D eigenvalue weighted by Gasteiger charge is 2.67. The lowest BCUT2D eigenvalue weighted by Crippen LogP contribution is -2.40. The van der Waals surface area contributed by atoms with Gasteiger partial charge in [-0.25, -0.2) is 0 Å². The molecule has 0 aliphatic carbocycles. The summed E-state index contributed by atoms with van der Waals surface area (Å²) in [4.78, 5) is 27.6. The van der Waals surface area contributed by atoms with Crippen molar-refractivity contribution in [3.8, 4) is 0 Å². The van der Waals surface area contributed by atoms with E-state index in [9.17, 15) is 9.59 Å². The first-order chi connectivity index (χ1) is 12.0. The molecule has 25 heavy (non-hydrogen) atoms. The molecule has 1 spiro atoms. The molecule has 0 radical (unpaired) electrons. The largest absolute Gasteiger partial charge is 0.463 e. The number of amides is 1. The Morgan fingerprint density at radius 3 is 2.88 bits per heavy atom. The topological polar surface area (TPSA) is 55.8 Å². The maximum Gasteiger partial charge on any atom is 0.313 e. The second kappa shape index (κ2) is 5.70. The van der Waals surface area contributed by atoms with E-state index >= 15 is 0 Å². The molecular formula is C20H23NO4. The third-order valence-corrected chi connectivity index (χ3v) is 5.39. The molecule has 5 heteroatoms. The number of aryl methyl sites for hydroxylation is 1. The Morgan fingerprint density at radius 1 is 1.40 bits per heavy atom. The van der Waals surface area contributed by atoms with E-state index in [1.807, 2.05) is 50.3 Å². The van der Waals surface area contributed by atoms with Gasteiger partial charge in [0.2, 0.25) is 5.91 Å². The average molecular weight is 341 g/mol. The Balaban J connectivity index is 1.69. The zero-order chi connectivity index (χ0) is 17.8. The monoisotopic (exact) mass is 341 g/mol. The second-order valence-corrected chi connectivity index (χ2v) is 7.29. The van der Waals surface area contributed by atoms with Crippen molar-refractivity contribution in [3.05, 3.63) is 42.0 Å². The van der Waals surface area contributed by atoms with Gasteiger partial charge in [-0.3, -0.25) is 9.59 Å². The molecule has 0 saturated carbocycles. The summed E-state index contributed by atoms with van der Waals surface area (Å²) in [5.74, 6) is -1.44. The lowest BCUT2D eigenvalue weighted by molar-refractivity contribution is -0.156. The summed E-state index contributed by atoms with van der Waals surface area (Å²) in [5, 5.41) is 0. The van der Waals surface area contributed by atoms with Gasteiger partial charge in [0.1, 0.15) is 11.5 Å². The zero-order valence-electron chi connectivity index (χ0n) is 14.8. The molecule has 4 atom stereocenters. The number of hydrogen-bond donors (Lipinski definition) is 0. The molecule has 2 saturated heterocycles. The Hall–Kier alpha value is -2.14. The number of benzene rings is 1. The van der Waals surface area contributed by atoms with E-state index in [4.69, 9.17) is 9.47 Å². The first kappa shape index (κ1) is 16.3. The molecular weight excluding hydrogens is 318 g/mol. The van der Waals surface area contributed by atoms with Crippen molar-refractivity contribution >= 4 is 17.6 Å². The number of rotatable bonds is 4. The molecule has 4 rings (SSSR count). The highest BCUT2D eigenvalue weighted by Crippen LogP contribution is 2.53. The predicted octanol–water partition coefficient (Wildman–Crippen LogP) is 2.49. The van der Waals surface area contributed by atoms with Crippen LogP contribution in [0.3, 0.4) is 0 Å². The number of ether oxygens (including phenoxy) is 2. The second-order valence-electron chi connectivity index (χ2n) is 7.29. The Kier molecular flexibility index (Phi) is 3.72. The van der Waals surface area contributed by atoms with Crippen LogP contribution < -0.4 is 4.90 Å². The maximum atomic E-state index is 13.2. The number of para-hydroxylation sites is 1. The summed E-state index contributed by atoms with van der Waals surface area (Å²) >= 11 is 0. The fourth-order valence-corrected chi connectivity index (χ4v) is 4.36. The summed E-state index contributed by atoms with van der Waals surface area (Å²) in [5.41, 5.74) is 1.32. The van der Waals surface area contributed by atoms with Gasteiger partial charge in [0.15, 0.2) is 0 Å². The minimum atomic E-state index is -0.705. The van der Waals surface area contributed by atoms with E-state index < -0.39 is 17.4 Å². The van der Waals surface area contributed by atoms with Crippen LogP contribution in [0.15, 0.2) is 36.4 Å². The first-order valence-corrected chi connectivity index (χ1v) is 8.94. The van der Waals surface area contributed by atoms with Crippen LogP contribution in [0.2, 0.25) is 0 Å². The molecule has 3 aliphatic rings. The van der Waals surface area contributed by atoms with Crippen LogP contribution in [0.1, 0.15) is 26.3 Å². The molecule has 132 valence electrons. The third-order valence-electron chi connectivity index (χ3n) is 5.39. The number of anilines is 1. The van der Waals surface area contributed by atoms with Crippen molar-refractivity contribution in [3.63, 3.8) is 0 Å². The van der Waals surface area contributed by atoms with Crippen molar-refractivity contribution in [2.45, 2.75) is 45.0 Å². The lowest BCUT2D eigenvalue weighted by atomic mass is 9.77. The van der Waals surface area contributed by atoms with E-state index in [-0.39, 0.29) is 24.1 Å². The Bertz CT molecular complexity index is 756. The molecule has 3 aliphatic heterocycles. The quantitative estimate of drug-likeness (QED) is 0.624. The number of hydrogen-bond acceptors (Lipinski definition) is 4. The average Bonchev–Trinajstić information content (AvgIpc) is 3.22. The summed E-state index contributed by atoms with van der Waals surface area (Å²) in [6.45, 7) is 6.16. The van der Waals surface area contributed by atoms with Crippen molar-refractivity contribution < 1.29 is 19.1 Å². The molecule has 1 amide bonds. The van der Waals surface area contributed by atoms with Gasteiger partial charge in [0.05, 0.1) is 24.7 Å². The van der Waals surface area contributed by atoms with Crippen LogP contribution in [0, 0.1) is 11.8 Å². The predicted molar refractivity (Wildman–Crippen MR) is 93.1 cm³/mol. The maximum absolute atomic E-state index is 13.2. The number of carbonyl (C=O) groups is 2. The Morgan fingerprint density at radius 2 is 2.16 bits per heavy atom. The van der Waals surface area contributed by atoms with E-state index in [0.717, 1.165) is 17.7 Å². The van der Waals surface area contributed by atoms with Gasteiger partial charge in [-0.1, -0.05) is 37.3 Å². The summed E-state index contributed by atoms with van der Waals surface area (Å²) in [6, 6.07) is 7.91. The molecule has 2 bridgehead atoms. The molecule has 0 aromatic heterocycles. The van der Waals surface area contributed by atoms with Crippen LogP contribution >= 0.6 is 0 Å². The van der Waals surface area contributed by atoms with Crippen LogP contribution in [0.4, 0.5) is 5.69 Å². The lowest BCUT2D eigenvalue weighted by Gasteiger charge is -2.24. The van der Waals surface area contributed by atoms with Gasteiger partial charge in [0.25, 0.3) is 0 Å². The number of fused-ring (bicyclic) bond motifs is 1. The fraction of sp³-hybridized carbons (Fsp3) is 0.500. The fourth-order valence-electron chi connectivity index (χ4n) is 4.36. The van der Waals surface area contributed by atoms with Gasteiger partial charge in [0, 0.05) is 5.69 Å². The normalized spacial score (nSPS) is 32.6. The summed E-state index contributed by atoms with van der Waals surface area (Å²) < 4.78 is 11.5. The standard InChI is InChI=1S/C20H23NO4/c1-4-13-7-5-6-8-14(13)21-11-20-10-9-15(25-20)16(17(20)18(21)22)19(23)24-12(2)3/h5-10,12,15-17H,4,11H2,1-3H3/t15-,16?,17+,20-/m1/s1. The van der Waals surface area contributed by atoms with Gasteiger partial charge >= 0.3 is 5.97 Å². The molecule has 1 aromatic carbocycles. The number of nitrogens with zero attached hydrogens (tertiary/aromatic N) is 1. The highest BCUT2D eigenvalue weighted by atomic mass is 16.6. The first-order valence-electron chi connectivity index (χ1n) is 8.94. The van der Waals surface area contributed by atoms with Crippen molar-refractivity contribution in [1.29, 1.82) is 0 Å². The molecule has 3 heterocycles. The smallest absolute Gasteiger partial charge is 0.313 e. The van der Waals surface area contributed by atoms with Gasteiger partial charge in [-0.2, -0.15) is 0 Å². The third kappa shape index (κ3) is 2.33. The van der Waals surface area contributed by atoms with Gasteiger partial charge in [-0.05, 0) is 31.9 Å². The summed E-state index contributed by atoms with van der Waals surface area (Å²) in [7, 11) is 0. The van der Waals surface area contributed by atoms with Gasteiger partial charge in [-0.15, -0.1) is 0 Å². The summed E-state index contributed by atoms with van der Waals surface area (Å²) in [6.07, 6.45) is 4.15. The molecule has 1 unspecified atom stereocenters. The number of carbonyl (C=O) groups excluding carboxylic acids is 2. The SMILES string of the molecule is CCc1ccccc1N1C[C@@]23C=C[C@@H](O2)C(C(=O)OC(C)C)[C@H]3C1=O. The van der Waals surface area contributed by atoms with Gasteiger partial charge < -0.3 is 14.4 Å².